The number of ether oxygens (including phenoxy) is 6. The molecule has 6 unspecified atom stereocenters. The van der Waals surface area contributed by atoms with Crippen LogP contribution in [0.15, 0.2) is 0 Å². The number of fused-ring (bicyclic) bond motifs is 2. The first-order valence-corrected chi connectivity index (χ1v) is 26.0. The van der Waals surface area contributed by atoms with Crippen LogP contribution in [-0.2, 0) is 57.2 Å². The summed E-state index contributed by atoms with van der Waals surface area (Å²) in [4.78, 5) is 69.0. The number of cyclic esters (lactones) is 1. The van der Waals surface area contributed by atoms with Crippen molar-refractivity contribution in [3.63, 3.8) is 0 Å². The zero-order valence-electron chi connectivity index (χ0n) is 46.2. The van der Waals surface area contributed by atoms with Crippen LogP contribution < -0.4 is 0 Å². The molecule has 5 fully saturated rings. The fraction of sp³-hybridized carbons (Fsp3) is 0.887. The first kappa shape index (κ1) is 66.4. The summed E-state index contributed by atoms with van der Waals surface area (Å²) in [5, 5.41) is 28.3. The van der Waals surface area contributed by atoms with Gasteiger partial charge in [-0.1, -0.05) is 34.6 Å². The molecule has 2 bridgehead atoms. The van der Waals surface area contributed by atoms with E-state index in [0.717, 1.165) is 38.5 Å². The molecular formula is C53H86F6O15. The Kier molecular flexibility index (Phi) is 22.6. The molecular weight excluding hydrogens is 991 g/mol. The monoisotopic (exact) mass is 1080 g/mol. The Hall–Kier alpha value is -3.72. The van der Waals surface area contributed by atoms with Crippen LogP contribution in [0.4, 0.5) is 26.3 Å². The minimum atomic E-state index is -6.02. The maximum Gasteiger partial charge on any atom is 0.430 e. The highest BCUT2D eigenvalue weighted by Crippen LogP contribution is 2.57. The lowest BCUT2D eigenvalue weighted by Crippen LogP contribution is -2.71. The van der Waals surface area contributed by atoms with Crippen molar-refractivity contribution in [1.82, 2.24) is 0 Å². The summed E-state index contributed by atoms with van der Waals surface area (Å²) in [6.07, 6.45) is -8.05. The third-order valence-electron chi connectivity index (χ3n) is 16.3. The highest BCUT2D eigenvalue weighted by Gasteiger charge is 2.81. The zero-order valence-corrected chi connectivity index (χ0v) is 46.2. The van der Waals surface area contributed by atoms with Crippen molar-refractivity contribution in [2.45, 2.75) is 253 Å². The second kappa shape index (κ2) is 25.2. The van der Waals surface area contributed by atoms with Gasteiger partial charge in [0.05, 0.1) is 40.7 Å². The van der Waals surface area contributed by atoms with E-state index in [1.54, 1.807) is 20.8 Å². The van der Waals surface area contributed by atoms with E-state index in [1.807, 2.05) is 55.4 Å². The van der Waals surface area contributed by atoms with Crippen LogP contribution in [-0.4, -0.2) is 117 Å². The van der Waals surface area contributed by atoms with E-state index in [-0.39, 0.29) is 43.2 Å². The number of hydrogen-bond donors (Lipinski definition) is 3. The molecule has 3 aliphatic heterocycles. The van der Waals surface area contributed by atoms with Crippen LogP contribution in [0.2, 0.25) is 0 Å². The molecule has 74 heavy (non-hydrogen) atoms. The molecule has 3 heterocycles. The zero-order chi connectivity index (χ0) is 57.4. The normalized spacial score (nSPS) is 26.2. The Morgan fingerprint density at radius 3 is 1.51 bits per heavy atom. The van der Waals surface area contributed by atoms with Gasteiger partial charge < -0.3 is 43.7 Å². The number of halogens is 6. The van der Waals surface area contributed by atoms with Gasteiger partial charge in [-0.25, -0.2) is 4.79 Å². The van der Waals surface area contributed by atoms with E-state index in [1.165, 1.54) is 13.8 Å². The molecule has 5 aliphatic rings. The minimum absolute atomic E-state index is 0.00565. The maximum atomic E-state index is 13.2. The molecule has 0 aromatic rings. The van der Waals surface area contributed by atoms with E-state index < -0.39 is 100 Å². The van der Waals surface area contributed by atoms with Gasteiger partial charge in [0.25, 0.3) is 5.60 Å². The van der Waals surface area contributed by atoms with E-state index in [4.69, 9.17) is 33.5 Å². The van der Waals surface area contributed by atoms with Crippen LogP contribution in [0.5, 0.6) is 0 Å². The van der Waals surface area contributed by atoms with Crippen molar-refractivity contribution >= 4 is 35.8 Å². The molecule has 21 heteroatoms. The summed E-state index contributed by atoms with van der Waals surface area (Å²) in [5.74, 6) is -2.27. The number of carbonyl (C=O) groups is 6. The highest BCUT2D eigenvalue weighted by molar-refractivity contribution is 5.90. The molecule has 2 aliphatic carbocycles. The maximum absolute atomic E-state index is 13.2. The first-order valence-electron chi connectivity index (χ1n) is 26.0. The summed E-state index contributed by atoms with van der Waals surface area (Å²) < 4.78 is 110. The lowest BCUT2D eigenvalue weighted by molar-refractivity contribution is -0.412. The second-order valence-corrected chi connectivity index (χ2v) is 23.7. The van der Waals surface area contributed by atoms with Gasteiger partial charge in [-0.05, 0) is 164 Å². The Bertz CT molecular complexity index is 1890. The molecule has 5 rings (SSSR count). The van der Waals surface area contributed by atoms with Crippen molar-refractivity contribution in [1.29, 1.82) is 0 Å². The number of aliphatic carboxylic acids is 1. The molecule has 3 N–H and O–H groups in total. The average molecular weight is 1080 g/mol. The number of esters is 5. The van der Waals surface area contributed by atoms with Crippen LogP contribution in [0.25, 0.3) is 0 Å². The third-order valence-corrected chi connectivity index (χ3v) is 16.3. The highest BCUT2D eigenvalue weighted by atomic mass is 19.4. The second-order valence-electron chi connectivity index (χ2n) is 23.7. The van der Waals surface area contributed by atoms with Gasteiger partial charge in [-0.2, -0.15) is 26.3 Å². The van der Waals surface area contributed by atoms with Gasteiger partial charge in [0.1, 0.15) is 18.1 Å². The fourth-order valence-electron chi connectivity index (χ4n) is 9.40. The van der Waals surface area contributed by atoms with E-state index >= 15 is 0 Å². The summed E-state index contributed by atoms with van der Waals surface area (Å²) in [6.45, 7) is 27.8. The van der Waals surface area contributed by atoms with Gasteiger partial charge in [-0.3, -0.25) is 24.0 Å². The van der Waals surface area contributed by atoms with Gasteiger partial charge in [0, 0.05) is 12.3 Å². The molecule has 15 nitrogen and oxygen atoms in total. The molecule has 2 saturated carbocycles. The van der Waals surface area contributed by atoms with E-state index in [9.17, 15) is 65.3 Å². The Morgan fingerprint density at radius 1 is 0.676 bits per heavy atom. The Balaban J connectivity index is 0.000000348. The lowest BCUT2D eigenvalue weighted by atomic mass is 9.70. The number of alkyl halides is 6. The summed E-state index contributed by atoms with van der Waals surface area (Å²) in [5.41, 5.74) is -11.7. The molecule has 0 aromatic carbocycles. The molecule has 0 spiro atoms. The average Bonchev–Trinajstić information content (AvgIpc) is 4.09. The van der Waals surface area contributed by atoms with Crippen LogP contribution in [0, 0.1) is 39.9 Å². The summed E-state index contributed by atoms with van der Waals surface area (Å²) in [6, 6.07) is 0. The Morgan fingerprint density at radius 2 is 1.14 bits per heavy atom. The number of carboxylic acids is 1. The number of rotatable bonds is 15. The Labute approximate surface area is 433 Å². The smallest absolute Gasteiger partial charge is 0.430 e. The largest absolute Gasteiger partial charge is 0.481 e. The van der Waals surface area contributed by atoms with Crippen molar-refractivity contribution in [3.05, 3.63) is 0 Å². The fourth-order valence-corrected chi connectivity index (χ4v) is 9.40. The molecule has 0 amide bonds. The van der Waals surface area contributed by atoms with Gasteiger partial charge in [0.2, 0.25) is 6.10 Å². The van der Waals surface area contributed by atoms with E-state index in [0.29, 0.717) is 49.4 Å². The van der Waals surface area contributed by atoms with Crippen molar-refractivity contribution in [2.75, 3.05) is 6.61 Å². The predicted octanol–water partition coefficient (Wildman–Crippen LogP) is 10.6. The topological polar surface area (TPSA) is 218 Å². The van der Waals surface area contributed by atoms with Crippen LogP contribution >= 0.6 is 0 Å². The first-order chi connectivity index (χ1) is 33.5. The quantitative estimate of drug-likeness (QED) is 0.0601. The standard InChI is InChI=1S/C18H30O6.C14H20F6O3.C11H20O2.C10H16O4/c1-6-17(2,3)16(22)23-13-9-7-12(8-10-13)18(4,5)24-15(21)11-14(19)20;1-4-10(2,3)9(21)23-11(7-5-6-8-11)12(22,13(15,16)17)14(18,19)20;1-6-7(2)10-8(11(3,4)12)5-9(6)13-10;1-4-10(2,3)9(12)14-7-5-6-13-8(7)11/h12-13H,6-11H2,1-5H3,(H,19,20);22H,4-8H2,1-3H3;6-10,12H,5H2,1-4H3;7H,4-6H2,1-3H3. The van der Waals surface area contributed by atoms with Crippen molar-refractivity contribution in [3.8, 4) is 0 Å². The molecule has 3 saturated heterocycles. The van der Waals surface area contributed by atoms with E-state index in [2.05, 4.69) is 13.8 Å². The van der Waals surface area contributed by atoms with Crippen LogP contribution in [0.3, 0.4) is 0 Å². The van der Waals surface area contributed by atoms with Crippen molar-refractivity contribution < 1.29 is 98.9 Å². The number of carboxylic acid groups (broad SMARTS) is 1. The predicted molar refractivity (Wildman–Crippen MR) is 258 cm³/mol. The minimum Gasteiger partial charge on any atom is -0.481 e. The lowest BCUT2D eigenvalue weighted by Gasteiger charge is -2.46. The van der Waals surface area contributed by atoms with Crippen LogP contribution in [0.1, 0.15) is 194 Å². The van der Waals surface area contributed by atoms with Gasteiger partial charge >= 0.3 is 48.2 Å². The number of carbonyl (C=O) groups excluding carboxylic acids is 5. The number of hydrogen-bond acceptors (Lipinski definition) is 14. The molecule has 0 radical (unpaired) electrons. The summed E-state index contributed by atoms with van der Waals surface area (Å²) in [7, 11) is 0. The number of aliphatic hydroxyl groups is 2. The third kappa shape index (κ3) is 16.4. The van der Waals surface area contributed by atoms with Gasteiger partial charge in [-0.15, -0.1) is 0 Å². The van der Waals surface area contributed by atoms with Crippen molar-refractivity contribution in [2.24, 2.45) is 39.9 Å². The summed E-state index contributed by atoms with van der Waals surface area (Å²) >= 11 is 0. The molecule has 0 aromatic heterocycles. The van der Waals surface area contributed by atoms with Gasteiger partial charge in [0.15, 0.2) is 5.60 Å². The molecule has 6 atom stereocenters. The molecule has 430 valence electrons. The SMILES string of the molecule is CC1C2CC(C(C)(C)O)C(O2)C1C.CCC(C)(C)C(=O)OC1(C(O)(C(F)(F)F)C(F)(F)F)CCCC1.CCC(C)(C)C(=O)OC1CCC(C(C)(C)OC(=O)CC(=O)O)CC1.CCC(C)(C)C(=O)OC1CCOC1=O.